The summed E-state index contributed by atoms with van der Waals surface area (Å²) >= 11 is 0. The van der Waals surface area contributed by atoms with Crippen LogP contribution in [0.4, 0.5) is 0 Å². The minimum Gasteiger partial charge on any atom is -0.481 e. The van der Waals surface area contributed by atoms with Crippen molar-refractivity contribution in [1.29, 1.82) is 0 Å². The van der Waals surface area contributed by atoms with Crippen molar-refractivity contribution in [3.05, 3.63) is 0 Å². The number of nitrogens with two attached hydrogens (primary N) is 1. The first kappa shape index (κ1) is 7.10. The van der Waals surface area contributed by atoms with Gasteiger partial charge in [0.05, 0.1) is 5.92 Å². The molecule has 0 aliphatic heterocycles. The Bertz CT molecular complexity index is 198. The van der Waals surface area contributed by atoms with Crippen LogP contribution in [-0.2, 0) is 4.79 Å². The van der Waals surface area contributed by atoms with E-state index in [1.165, 1.54) is 0 Å². The number of rotatable bonds is 1. The van der Waals surface area contributed by atoms with Crippen molar-refractivity contribution in [3.63, 3.8) is 0 Å². The monoisotopic (exact) mass is 155 g/mol. The highest BCUT2D eigenvalue weighted by molar-refractivity contribution is 5.73. The van der Waals surface area contributed by atoms with E-state index in [1.54, 1.807) is 0 Å². The number of carboxylic acids is 1. The molecule has 0 aromatic heterocycles. The van der Waals surface area contributed by atoms with Crippen LogP contribution in [0.3, 0.4) is 0 Å². The Balaban J connectivity index is 2.11. The molecule has 0 unspecified atom stereocenters. The lowest BCUT2D eigenvalue weighted by Crippen LogP contribution is -2.63. The summed E-state index contributed by atoms with van der Waals surface area (Å²) < 4.78 is 0. The maximum Gasteiger partial charge on any atom is 0.307 e. The molecule has 0 radical (unpaired) electrons. The minimum atomic E-state index is -0.647. The van der Waals surface area contributed by atoms with E-state index < -0.39 is 5.97 Å². The van der Waals surface area contributed by atoms with E-state index >= 15 is 0 Å². The summed E-state index contributed by atoms with van der Waals surface area (Å²) in [7, 11) is 0. The SMILES string of the molecule is N[C@@H]1C[C@H](C(=O)O)C12CCC2. The molecule has 0 aromatic carbocycles. The Labute approximate surface area is 65.6 Å². The number of carbonyl (C=O) groups is 1. The highest BCUT2D eigenvalue weighted by atomic mass is 16.4. The third kappa shape index (κ3) is 0.692. The van der Waals surface area contributed by atoms with Crippen LogP contribution in [0.25, 0.3) is 0 Å². The Kier molecular flexibility index (Phi) is 1.27. The van der Waals surface area contributed by atoms with Crippen LogP contribution in [0.5, 0.6) is 0 Å². The Morgan fingerprint density at radius 2 is 2.18 bits per heavy atom. The Hall–Kier alpha value is -0.570. The number of hydrogen-bond donors (Lipinski definition) is 2. The van der Waals surface area contributed by atoms with Gasteiger partial charge in [0, 0.05) is 6.04 Å². The van der Waals surface area contributed by atoms with E-state index in [0.29, 0.717) is 6.42 Å². The largest absolute Gasteiger partial charge is 0.481 e. The molecule has 62 valence electrons. The molecular weight excluding hydrogens is 142 g/mol. The van der Waals surface area contributed by atoms with Crippen molar-refractivity contribution >= 4 is 5.97 Å². The van der Waals surface area contributed by atoms with E-state index in [-0.39, 0.29) is 17.4 Å². The quantitative estimate of drug-likeness (QED) is 0.582. The molecule has 2 aliphatic rings. The van der Waals surface area contributed by atoms with Gasteiger partial charge in [0.2, 0.25) is 0 Å². The molecule has 0 aromatic rings. The molecule has 3 N–H and O–H groups in total. The summed E-state index contributed by atoms with van der Waals surface area (Å²) in [5, 5.41) is 8.80. The van der Waals surface area contributed by atoms with Gasteiger partial charge >= 0.3 is 5.97 Å². The maximum absolute atomic E-state index is 10.7. The lowest BCUT2D eigenvalue weighted by Gasteiger charge is -2.58. The second-order valence-corrected chi connectivity index (χ2v) is 3.82. The van der Waals surface area contributed by atoms with Gasteiger partial charge < -0.3 is 10.8 Å². The van der Waals surface area contributed by atoms with Gasteiger partial charge in [-0.1, -0.05) is 6.42 Å². The van der Waals surface area contributed by atoms with E-state index in [2.05, 4.69) is 0 Å². The third-order valence-electron chi connectivity index (χ3n) is 3.50. The minimum absolute atomic E-state index is 0.0197. The molecular formula is C8H13NO2. The van der Waals surface area contributed by atoms with Gasteiger partial charge in [-0.3, -0.25) is 4.79 Å². The molecule has 0 amide bonds. The summed E-state index contributed by atoms with van der Waals surface area (Å²) in [4.78, 5) is 10.7. The summed E-state index contributed by atoms with van der Waals surface area (Å²) in [5.74, 6) is -0.780. The standard InChI is InChI=1S/C8H13NO2/c9-6-4-5(7(10)11)8(6)2-1-3-8/h5-6H,1-4,9H2,(H,10,11)/t5-,6-/m1/s1. The average Bonchev–Trinajstić information content (AvgIpc) is 1.78. The Morgan fingerprint density at radius 3 is 2.36 bits per heavy atom. The van der Waals surface area contributed by atoms with E-state index in [4.69, 9.17) is 10.8 Å². The van der Waals surface area contributed by atoms with Crippen molar-refractivity contribution in [2.75, 3.05) is 0 Å². The fourth-order valence-electron chi connectivity index (χ4n) is 2.47. The van der Waals surface area contributed by atoms with Crippen LogP contribution in [0.2, 0.25) is 0 Å². The van der Waals surface area contributed by atoms with Crippen molar-refractivity contribution in [2.45, 2.75) is 31.7 Å². The van der Waals surface area contributed by atoms with Crippen LogP contribution in [0.15, 0.2) is 0 Å². The number of hydrogen-bond acceptors (Lipinski definition) is 2. The molecule has 11 heavy (non-hydrogen) atoms. The molecule has 3 heteroatoms. The maximum atomic E-state index is 10.7. The Morgan fingerprint density at radius 1 is 1.55 bits per heavy atom. The van der Waals surface area contributed by atoms with Crippen LogP contribution in [0.1, 0.15) is 25.7 Å². The van der Waals surface area contributed by atoms with Crippen molar-refractivity contribution < 1.29 is 9.90 Å². The molecule has 2 aliphatic carbocycles. The summed E-state index contributed by atoms with van der Waals surface area (Å²) in [6.07, 6.45) is 3.92. The second kappa shape index (κ2) is 1.97. The zero-order chi connectivity index (χ0) is 8.06. The average molecular weight is 155 g/mol. The fourth-order valence-corrected chi connectivity index (χ4v) is 2.47. The lowest BCUT2D eigenvalue weighted by molar-refractivity contribution is -0.165. The van der Waals surface area contributed by atoms with Gasteiger partial charge in [-0.2, -0.15) is 0 Å². The first-order valence-electron chi connectivity index (χ1n) is 4.15. The molecule has 2 saturated carbocycles. The lowest BCUT2D eigenvalue weighted by atomic mass is 9.47. The molecule has 1 spiro atoms. The van der Waals surface area contributed by atoms with Gasteiger partial charge in [0.15, 0.2) is 0 Å². The predicted octanol–water partition coefficient (Wildman–Crippen LogP) is 0.588. The zero-order valence-corrected chi connectivity index (χ0v) is 6.42. The number of aliphatic carboxylic acids is 1. The highest BCUT2D eigenvalue weighted by Gasteiger charge is 2.59. The second-order valence-electron chi connectivity index (χ2n) is 3.82. The fraction of sp³-hybridized carbons (Fsp3) is 0.875. The summed E-state index contributed by atoms with van der Waals surface area (Å²) in [6.45, 7) is 0. The molecule has 2 fully saturated rings. The van der Waals surface area contributed by atoms with Gasteiger partial charge in [-0.15, -0.1) is 0 Å². The predicted molar refractivity (Wildman–Crippen MR) is 40.0 cm³/mol. The van der Waals surface area contributed by atoms with Crippen LogP contribution >= 0.6 is 0 Å². The summed E-state index contributed by atoms with van der Waals surface area (Å²) in [5.41, 5.74) is 5.80. The van der Waals surface area contributed by atoms with Crippen molar-refractivity contribution in [1.82, 2.24) is 0 Å². The molecule has 2 rings (SSSR count). The first-order valence-corrected chi connectivity index (χ1v) is 4.15. The molecule has 2 atom stereocenters. The zero-order valence-electron chi connectivity index (χ0n) is 6.42. The van der Waals surface area contributed by atoms with Crippen LogP contribution in [0, 0.1) is 11.3 Å². The molecule has 0 heterocycles. The third-order valence-corrected chi connectivity index (χ3v) is 3.50. The van der Waals surface area contributed by atoms with Crippen LogP contribution in [-0.4, -0.2) is 17.1 Å². The van der Waals surface area contributed by atoms with Crippen molar-refractivity contribution in [2.24, 2.45) is 17.1 Å². The van der Waals surface area contributed by atoms with Gasteiger partial charge in [0.1, 0.15) is 0 Å². The van der Waals surface area contributed by atoms with Crippen LogP contribution < -0.4 is 5.73 Å². The van der Waals surface area contributed by atoms with E-state index in [1.807, 2.05) is 0 Å². The first-order chi connectivity index (χ1) is 5.17. The number of carboxylic acid groups (broad SMARTS) is 1. The molecule has 0 saturated heterocycles. The van der Waals surface area contributed by atoms with Gasteiger partial charge in [-0.25, -0.2) is 0 Å². The van der Waals surface area contributed by atoms with Gasteiger partial charge in [0.25, 0.3) is 0 Å². The molecule has 0 bridgehead atoms. The highest BCUT2D eigenvalue weighted by Crippen LogP contribution is 2.58. The smallest absolute Gasteiger partial charge is 0.307 e. The summed E-state index contributed by atoms with van der Waals surface area (Å²) in [6, 6.07) is 0.164. The normalized spacial score (nSPS) is 39.4. The van der Waals surface area contributed by atoms with Gasteiger partial charge in [-0.05, 0) is 24.7 Å². The van der Waals surface area contributed by atoms with E-state index in [0.717, 1.165) is 19.3 Å². The van der Waals surface area contributed by atoms with Crippen molar-refractivity contribution in [3.8, 4) is 0 Å². The topological polar surface area (TPSA) is 63.3 Å². The molecule has 3 nitrogen and oxygen atoms in total. The van der Waals surface area contributed by atoms with E-state index in [9.17, 15) is 4.79 Å².